The maximum absolute atomic E-state index is 12.1. The molecule has 1 heterocycles. The fraction of sp³-hybridized carbons (Fsp3) is 0.846. The summed E-state index contributed by atoms with van der Waals surface area (Å²) in [5.74, 6) is 0.605. The molecule has 2 N–H and O–H groups in total. The molecule has 0 bridgehead atoms. The van der Waals surface area contributed by atoms with Crippen molar-refractivity contribution < 1.29 is 14.3 Å². The monoisotopic (exact) mass is 305 g/mol. The summed E-state index contributed by atoms with van der Waals surface area (Å²) in [5, 5.41) is 5.85. The van der Waals surface area contributed by atoms with Crippen LogP contribution in [0.4, 0.5) is 0 Å². The Balaban J connectivity index is 0.00000200. The summed E-state index contributed by atoms with van der Waals surface area (Å²) in [6.07, 6.45) is 2.53. The molecule has 20 heavy (non-hydrogen) atoms. The number of nitrogens with zero attached hydrogens (tertiary/aromatic N) is 1. The molecule has 0 aromatic heterocycles. The molecular weight excluding hydrogens is 282 g/mol. The molecule has 1 saturated heterocycles. The normalized spacial score (nSPS) is 19.9. The van der Waals surface area contributed by atoms with Gasteiger partial charge in [-0.2, -0.15) is 0 Å². The number of amides is 2. The highest BCUT2D eigenvalue weighted by Crippen LogP contribution is 2.27. The van der Waals surface area contributed by atoms with Gasteiger partial charge in [0.2, 0.25) is 11.8 Å². The van der Waals surface area contributed by atoms with Crippen molar-refractivity contribution in [3.05, 3.63) is 0 Å². The fourth-order valence-corrected chi connectivity index (χ4v) is 2.12. The van der Waals surface area contributed by atoms with Crippen molar-refractivity contribution in [1.82, 2.24) is 15.5 Å². The maximum atomic E-state index is 12.1. The van der Waals surface area contributed by atoms with E-state index in [1.54, 1.807) is 11.8 Å². The van der Waals surface area contributed by atoms with Crippen molar-refractivity contribution in [2.24, 2.45) is 5.92 Å². The first-order chi connectivity index (χ1) is 9.16. The molecule has 2 amide bonds. The van der Waals surface area contributed by atoms with Crippen LogP contribution in [0.5, 0.6) is 0 Å². The topological polar surface area (TPSA) is 70.7 Å². The number of ether oxygens (including phenoxy) is 1. The highest BCUT2D eigenvalue weighted by atomic mass is 35.5. The standard InChI is InChI=1S/C13H23N3O3.ClH/c1-10(13(18)16-4-6-19-7-5-16)15-12(17)9-14-8-11-2-3-11;/h10-11,14H,2-9H2,1H3,(H,15,17);1H. The summed E-state index contributed by atoms with van der Waals surface area (Å²) in [6, 6.07) is -0.465. The summed E-state index contributed by atoms with van der Waals surface area (Å²) in [4.78, 5) is 25.5. The molecule has 2 fully saturated rings. The Morgan fingerprint density at radius 3 is 2.55 bits per heavy atom. The van der Waals surface area contributed by atoms with Crippen LogP contribution in [0.15, 0.2) is 0 Å². The van der Waals surface area contributed by atoms with Gasteiger partial charge in [-0.15, -0.1) is 12.4 Å². The zero-order valence-corrected chi connectivity index (χ0v) is 12.7. The molecule has 1 aliphatic heterocycles. The number of hydrogen-bond donors (Lipinski definition) is 2. The smallest absolute Gasteiger partial charge is 0.245 e. The Labute approximate surface area is 126 Å². The van der Waals surface area contributed by atoms with Crippen LogP contribution in [0.2, 0.25) is 0 Å². The van der Waals surface area contributed by atoms with Crippen molar-refractivity contribution >= 4 is 24.2 Å². The van der Waals surface area contributed by atoms with Gasteiger partial charge in [0.15, 0.2) is 0 Å². The molecule has 0 aromatic rings. The zero-order chi connectivity index (χ0) is 13.7. The summed E-state index contributed by atoms with van der Waals surface area (Å²) < 4.78 is 5.20. The molecule has 116 valence electrons. The molecule has 0 aromatic carbocycles. The summed E-state index contributed by atoms with van der Waals surface area (Å²) in [5.41, 5.74) is 0. The number of carbonyl (C=O) groups is 2. The minimum Gasteiger partial charge on any atom is -0.378 e. The van der Waals surface area contributed by atoms with Crippen LogP contribution >= 0.6 is 12.4 Å². The van der Waals surface area contributed by atoms with E-state index < -0.39 is 6.04 Å². The number of morpholine rings is 1. The number of carbonyl (C=O) groups excluding carboxylic acids is 2. The van der Waals surface area contributed by atoms with Gasteiger partial charge in [0.05, 0.1) is 19.8 Å². The van der Waals surface area contributed by atoms with Crippen LogP contribution in [0, 0.1) is 5.92 Å². The third kappa shape index (κ3) is 5.64. The van der Waals surface area contributed by atoms with E-state index in [4.69, 9.17) is 4.74 Å². The minimum absolute atomic E-state index is 0. The number of hydrogen-bond acceptors (Lipinski definition) is 4. The second-order valence-electron chi connectivity index (χ2n) is 5.30. The molecule has 2 rings (SSSR count). The average Bonchev–Trinajstić information content (AvgIpc) is 3.23. The molecule has 1 atom stereocenters. The molecule has 1 aliphatic carbocycles. The third-order valence-electron chi connectivity index (χ3n) is 3.49. The van der Waals surface area contributed by atoms with E-state index in [-0.39, 0.29) is 30.8 Å². The van der Waals surface area contributed by atoms with Gasteiger partial charge in [-0.3, -0.25) is 9.59 Å². The van der Waals surface area contributed by atoms with E-state index in [2.05, 4.69) is 10.6 Å². The molecule has 2 aliphatic rings. The van der Waals surface area contributed by atoms with Gasteiger partial charge in [0.1, 0.15) is 6.04 Å². The molecule has 0 spiro atoms. The predicted molar refractivity (Wildman–Crippen MR) is 77.8 cm³/mol. The summed E-state index contributed by atoms with van der Waals surface area (Å²) in [6.45, 7) is 5.30. The first kappa shape index (κ1) is 17.2. The molecule has 1 unspecified atom stereocenters. The summed E-state index contributed by atoms with van der Waals surface area (Å²) >= 11 is 0. The lowest BCUT2D eigenvalue weighted by atomic mass is 10.2. The zero-order valence-electron chi connectivity index (χ0n) is 11.9. The predicted octanol–water partition coefficient (Wildman–Crippen LogP) is -0.229. The molecular formula is C13H24ClN3O3. The van der Waals surface area contributed by atoms with Crippen LogP contribution in [-0.4, -0.2) is 62.1 Å². The first-order valence-corrected chi connectivity index (χ1v) is 7.03. The van der Waals surface area contributed by atoms with Gasteiger partial charge in [-0.25, -0.2) is 0 Å². The third-order valence-corrected chi connectivity index (χ3v) is 3.49. The average molecular weight is 306 g/mol. The van der Waals surface area contributed by atoms with E-state index in [0.29, 0.717) is 26.3 Å². The minimum atomic E-state index is -0.465. The number of rotatable bonds is 6. The second-order valence-corrected chi connectivity index (χ2v) is 5.30. The molecule has 0 radical (unpaired) electrons. The number of nitrogens with one attached hydrogen (secondary N) is 2. The lowest BCUT2D eigenvalue weighted by Crippen LogP contribution is -2.51. The van der Waals surface area contributed by atoms with Crippen molar-refractivity contribution in [2.45, 2.75) is 25.8 Å². The van der Waals surface area contributed by atoms with Crippen LogP contribution in [0.25, 0.3) is 0 Å². The van der Waals surface area contributed by atoms with Crippen molar-refractivity contribution in [2.75, 3.05) is 39.4 Å². The molecule has 1 saturated carbocycles. The van der Waals surface area contributed by atoms with Crippen LogP contribution in [0.3, 0.4) is 0 Å². The molecule has 6 nitrogen and oxygen atoms in total. The Hall–Kier alpha value is -0.850. The maximum Gasteiger partial charge on any atom is 0.245 e. The van der Waals surface area contributed by atoms with Gasteiger partial charge in [-0.1, -0.05) is 0 Å². The lowest BCUT2D eigenvalue weighted by Gasteiger charge is -2.29. The lowest BCUT2D eigenvalue weighted by molar-refractivity contribution is -0.139. The first-order valence-electron chi connectivity index (χ1n) is 7.03. The van der Waals surface area contributed by atoms with Crippen molar-refractivity contribution in [3.63, 3.8) is 0 Å². The Morgan fingerprint density at radius 2 is 1.95 bits per heavy atom. The second kappa shape index (κ2) is 8.44. The van der Waals surface area contributed by atoms with Crippen LogP contribution in [0.1, 0.15) is 19.8 Å². The Morgan fingerprint density at radius 1 is 1.30 bits per heavy atom. The van der Waals surface area contributed by atoms with Crippen molar-refractivity contribution in [1.29, 1.82) is 0 Å². The SMILES string of the molecule is CC(NC(=O)CNCC1CC1)C(=O)N1CCOCC1.Cl. The summed E-state index contributed by atoms with van der Waals surface area (Å²) in [7, 11) is 0. The Kier molecular flexibility index (Phi) is 7.26. The molecule has 7 heteroatoms. The van der Waals surface area contributed by atoms with Gasteiger partial charge in [-0.05, 0) is 32.2 Å². The number of halogens is 1. The van der Waals surface area contributed by atoms with Crippen LogP contribution < -0.4 is 10.6 Å². The van der Waals surface area contributed by atoms with Gasteiger partial charge in [0.25, 0.3) is 0 Å². The van der Waals surface area contributed by atoms with Gasteiger partial charge >= 0.3 is 0 Å². The fourth-order valence-electron chi connectivity index (χ4n) is 2.12. The van der Waals surface area contributed by atoms with Crippen LogP contribution in [-0.2, 0) is 14.3 Å². The Bertz CT molecular complexity index is 331. The van der Waals surface area contributed by atoms with E-state index in [1.807, 2.05) is 0 Å². The van der Waals surface area contributed by atoms with E-state index >= 15 is 0 Å². The van der Waals surface area contributed by atoms with Gasteiger partial charge < -0.3 is 20.3 Å². The largest absolute Gasteiger partial charge is 0.378 e. The van der Waals surface area contributed by atoms with E-state index in [9.17, 15) is 9.59 Å². The van der Waals surface area contributed by atoms with Gasteiger partial charge in [0, 0.05) is 13.1 Å². The van der Waals surface area contributed by atoms with Crippen molar-refractivity contribution in [3.8, 4) is 0 Å². The van der Waals surface area contributed by atoms with E-state index in [1.165, 1.54) is 12.8 Å². The highest BCUT2D eigenvalue weighted by Gasteiger charge is 2.24. The quantitative estimate of drug-likeness (QED) is 0.711. The highest BCUT2D eigenvalue weighted by molar-refractivity contribution is 5.88. The van der Waals surface area contributed by atoms with E-state index in [0.717, 1.165) is 12.5 Å².